The number of hydrogen-bond acceptors (Lipinski definition) is 5. The molecule has 7 heteroatoms. The second kappa shape index (κ2) is 4.89. The van der Waals surface area contributed by atoms with Crippen LogP contribution in [0.2, 0.25) is 0 Å². The Morgan fingerprint density at radius 3 is 2.93 bits per heavy atom. The molecule has 0 unspecified atom stereocenters. The van der Waals surface area contributed by atoms with E-state index in [1.807, 2.05) is 0 Å². The number of nitrogens with zero attached hydrogens (tertiary/aromatic N) is 2. The standard InChI is InChI=1S/C8H10N4O3/c1-9-8(13)5-11-6-2-7(12(14)15)4-10-3-6/h2-4,11H,5H2,1H3,(H,9,13). The Hall–Kier alpha value is -2.18. The monoisotopic (exact) mass is 210 g/mol. The first-order chi connectivity index (χ1) is 7.13. The number of amides is 1. The van der Waals surface area contributed by atoms with Crippen molar-refractivity contribution in [3.63, 3.8) is 0 Å². The summed E-state index contributed by atoms with van der Waals surface area (Å²) in [6.45, 7) is 0.0549. The number of anilines is 1. The minimum atomic E-state index is -0.544. The van der Waals surface area contributed by atoms with E-state index in [2.05, 4.69) is 15.6 Å². The maximum absolute atomic E-state index is 10.9. The molecule has 1 heterocycles. The SMILES string of the molecule is CNC(=O)CNc1cncc([N+](=O)[O-])c1. The Morgan fingerprint density at radius 1 is 1.60 bits per heavy atom. The Morgan fingerprint density at radius 2 is 2.33 bits per heavy atom. The van der Waals surface area contributed by atoms with Crippen LogP contribution >= 0.6 is 0 Å². The molecule has 0 saturated heterocycles. The van der Waals surface area contributed by atoms with Crippen LogP contribution in [0.1, 0.15) is 0 Å². The number of carbonyl (C=O) groups is 1. The highest BCUT2D eigenvalue weighted by atomic mass is 16.6. The van der Waals surface area contributed by atoms with Gasteiger partial charge in [0.1, 0.15) is 6.20 Å². The molecule has 7 nitrogen and oxygen atoms in total. The van der Waals surface area contributed by atoms with Crippen LogP contribution in [0.5, 0.6) is 0 Å². The first kappa shape index (κ1) is 10.9. The van der Waals surface area contributed by atoms with E-state index in [-0.39, 0.29) is 18.1 Å². The fourth-order valence-electron chi connectivity index (χ4n) is 0.895. The number of carbonyl (C=O) groups excluding carboxylic acids is 1. The molecule has 0 radical (unpaired) electrons. The highest BCUT2D eigenvalue weighted by Crippen LogP contribution is 2.14. The van der Waals surface area contributed by atoms with Gasteiger partial charge < -0.3 is 10.6 Å². The van der Waals surface area contributed by atoms with Gasteiger partial charge in [0.2, 0.25) is 5.91 Å². The summed E-state index contributed by atoms with van der Waals surface area (Å²) in [6.07, 6.45) is 2.56. The van der Waals surface area contributed by atoms with E-state index in [4.69, 9.17) is 0 Å². The van der Waals surface area contributed by atoms with Crippen molar-refractivity contribution in [1.82, 2.24) is 10.3 Å². The molecule has 0 aliphatic heterocycles. The van der Waals surface area contributed by atoms with E-state index in [0.717, 1.165) is 6.20 Å². The largest absolute Gasteiger partial charge is 0.375 e. The quantitative estimate of drug-likeness (QED) is 0.544. The third-order valence-corrected chi connectivity index (χ3v) is 1.67. The van der Waals surface area contributed by atoms with Crippen LogP contribution in [0.4, 0.5) is 11.4 Å². The molecular weight excluding hydrogens is 200 g/mol. The number of pyridine rings is 1. The molecule has 0 spiro atoms. The average Bonchev–Trinajstić information content (AvgIpc) is 2.26. The second-order valence-electron chi connectivity index (χ2n) is 2.72. The summed E-state index contributed by atoms with van der Waals surface area (Å²) >= 11 is 0. The lowest BCUT2D eigenvalue weighted by atomic mass is 10.3. The maximum Gasteiger partial charge on any atom is 0.289 e. The van der Waals surface area contributed by atoms with Gasteiger partial charge in [-0.3, -0.25) is 19.9 Å². The van der Waals surface area contributed by atoms with Gasteiger partial charge in [-0.15, -0.1) is 0 Å². The molecule has 0 bridgehead atoms. The van der Waals surface area contributed by atoms with Gasteiger partial charge >= 0.3 is 0 Å². The Labute approximate surface area is 85.7 Å². The van der Waals surface area contributed by atoms with Crippen molar-refractivity contribution < 1.29 is 9.72 Å². The lowest BCUT2D eigenvalue weighted by molar-refractivity contribution is -0.385. The van der Waals surface area contributed by atoms with Gasteiger partial charge in [0.05, 0.1) is 23.4 Å². The third-order valence-electron chi connectivity index (χ3n) is 1.67. The molecule has 0 atom stereocenters. The van der Waals surface area contributed by atoms with Crippen LogP contribution < -0.4 is 10.6 Å². The smallest absolute Gasteiger partial charge is 0.289 e. The molecule has 0 saturated carbocycles. The molecule has 0 aromatic carbocycles. The zero-order valence-corrected chi connectivity index (χ0v) is 8.06. The van der Waals surface area contributed by atoms with E-state index in [9.17, 15) is 14.9 Å². The molecule has 1 rings (SSSR count). The Kier molecular flexibility index (Phi) is 3.55. The van der Waals surface area contributed by atoms with Crippen molar-refractivity contribution >= 4 is 17.3 Å². The van der Waals surface area contributed by atoms with E-state index in [1.54, 1.807) is 0 Å². The van der Waals surface area contributed by atoms with Crippen LogP contribution in [0.15, 0.2) is 18.5 Å². The molecule has 15 heavy (non-hydrogen) atoms. The maximum atomic E-state index is 10.9. The van der Waals surface area contributed by atoms with E-state index < -0.39 is 4.92 Å². The summed E-state index contributed by atoms with van der Waals surface area (Å²) < 4.78 is 0. The zero-order valence-electron chi connectivity index (χ0n) is 8.06. The Bertz CT molecular complexity index is 380. The molecule has 0 fully saturated rings. The summed E-state index contributed by atoms with van der Waals surface area (Å²) in [4.78, 5) is 24.4. The average molecular weight is 210 g/mol. The van der Waals surface area contributed by atoms with Crippen LogP contribution in [0, 0.1) is 10.1 Å². The van der Waals surface area contributed by atoms with Gasteiger partial charge in [-0.1, -0.05) is 0 Å². The van der Waals surface area contributed by atoms with E-state index in [1.165, 1.54) is 19.3 Å². The van der Waals surface area contributed by atoms with E-state index in [0.29, 0.717) is 5.69 Å². The fraction of sp³-hybridized carbons (Fsp3) is 0.250. The van der Waals surface area contributed by atoms with Crippen molar-refractivity contribution in [2.24, 2.45) is 0 Å². The van der Waals surface area contributed by atoms with E-state index >= 15 is 0 Å². The van der Waals surface area contributed by atoms with Crippen molar-refractivity contribution in [2.75, 3.05) is 18.9 Å². The minimum absolute atomic E-state index is 0.0549. The molecule has 1 aromatic heterocycles. The predicted octanol–water partition coefficient (Wildman–Crippen LogP) is 0.148. The summed E-state index contributed by atoms with van der Waals surface area (Å²) in [6, 6.07) is 1.32. The lowest BCUT2D eigenvalue weighted by Gasteiger charge is -2.03. The number of aromatic nitrogens is 1. The van der Waals surface area contributed by atoms with Gasteiger partial charge in [-0.2, -0.15) is 0 Å². The van der Waals surface area contributed by atoms with Crippen LogP contribution in [0.3, 0.4) is 0 Å². The van der Waals surface area contributed by atoms with Crippen LogP contribution in [0.25, 0.3) is 0 Å². The number of nitro groups is 1. The van der Waals surface area contributed by atoms with Crippen molar-refractivity contribution in [1.29, 1.82) is 0 Å². The lowest BCUT2D eigenvalue weighted by Crippen LogP contribution is -2.26. The molecule has 0 aliphatic carbocycles. The van der Waals surface area contributed by atoms with Gasteiger partial charge in [-0.05, 0) is 0 Å². The van der Waals surface area contributed by atoms with Crippen molar-refractivity contribution in [3.8, 4) is 0 Å². The zero-order chi connectivity index (χ0) is 11.3. The topological polar surface area (TPSA) is 97.2 Å². The summed E-state index contributed by atoms with van der Waals surface area (Å²) in [5.41, 5.74) is 0.324. The van der Waals surface area contributed by atoms with Crippen molar-refractivity contribution in [3.05, 3.63) is 28.6 Å². The van der Waals surface area contributed by atoms with Gasteiger partial charge in [-0.25, -0.2) is 0 Å². The number of likely N-dealkylation sites (N-methyl/N-ethyl adjacent to an activating group) is 1. The van der Waals surface area contributed by atoms with Gasteiger partial charge in [0, 0.05) is 13.1 Å². The van der Waals surface area contributed by atoms with Crippen molar-refractivity contribution in [2.45, 2.75) is 0 Å². The fourth-order valence-corrected chi connectivity index (χ4v) is 0.895. The molecule has 1 amide bonds. The summed E-state index contributed by atoms with van der Waals surface area (Å²) in [5.74, 6) is -0.207. The molecule has 80 valence electrons. The minimum Gasteiger partial charge on any atom is -0.375 e. The molecule has 0 aliphatic rings. The normalized spacial score (nSPS) is 9.40. The second-order valence-corrected chi connectivity index (χ2v) is 2.72. The number of nitrogens with one attached hydrogen (secondary N) is 2. The highest BCUT2D eigenvalue weighted by Gasteiger charge is 2.06. The third kappa shape index (κ3) is 3.22. The first-order valence-electron chi connectivity index (χ1n) is 4.17. The van der Waals surface area contributed by atoms with Gasteiger partial charge in [0.15, 0.2) is 0 Å². The first-order valence-corrected chi connectivity index (χ1v) is 4.17. The predicted molar refractivity (Wildman–Crippen MR) is 53.4 cm³/mol. The number of hydrogen-bond donors (Lipinski definition) is 2. The molecule has 2 N–H and O–H groups in total. The Balaban J connectivity index is 2.66. The summed E-state index contributed by atoms with van der Waals surface area (Å²) in [5, 5.41) is 15.5. The summed E-state index contributed by atoms with van der Waals surface area (Å²) in [7, 11) is 1.51. The molecule has 1 aromatic rings. The number of rotatable bonds is 4. The highest BCUT2D eigenvalue weighted by molar-refractivity contribution is 5.80. The van der Waals surface area contributed by atoms with Crippen LogP contribution in [-0.2, 0) is 4.79 Å². The molecular formula is C8H10N4O3. The van der Waals surface area contributed by atoms with Crippen LogP contribution in [-0.4, -0.2) is 29.4 Å². The van der Waals surface area contributed by atoms with Gasteiger partial charge in [0.25, 0.3) is 5.69 Å².